The zero-order chi connectivity index (χ0) is 19.5. The third kappa shape index (κ3) is 3.50. The van der Waals surface area contributed by atoms with Crippen molar-refractivity contribution in [1.29, 1.82) is 0 Å². The van der Waals surface area contributed by atoms with Crippen LogP contribution in [0.2, 0.25) is 0 Å². The summed E-state index contributed by atoms with van der Waals surface area (Å²) in [5, 5.41) is 13.5. The van der Waals surface area contributed by atoms with Crippen LogP contribution in [0.15, 0.2) is 61.1 Å². The van der Waals surface area contributed by atoms with Gasteiger partial charge in [-0.25, -0.2) is 4.98 Å². The molecule has 0 aliphatic carbocycles. The van der Waals surface area contributed by atoms with E-state index >= 15 is 0 Å². The second kappa shape index (κ2) is 8.08. The van der Waals surface area contributed by atoms with E-state index in [1.807, 2.05) is 49.6 Å². The van der Waals surface area contributed by atoms with E-state index in [1.54, 1.807) is 6.20 Å². The van der Waals surface area contributed by atoms with Gasteiger partial charge in [-0.3, -0.25) is 4.98 Å². The summed E-state index contributed by atoms with van der Waals surface area (Å²) in [4.78, 5) is 11.3. The van der Waals surface area contributed by atoms with Gasteiger partial charge in [0.1, 0.15) is 5.82 Å². The molecule has 0 aromatic carbocycles. The van der Waals surface area contributed by atoms with Crippen molar-refractivity contribution < 1.29 is 5.11 Å². The lowest BCUT2D eigenvalue weighted by molar-refractivity contribution is 0.244. The Kier molecular flexibility index (Phi) is 5.36. The van der Waals surface area contributed by atoms with Crippen molar-refractivity contribution in [3.63, 3.8) is 0 Å². The number of thiocarbonyl (C=S) groups is 1. The number of nitrogens with zero attached hydrogens (tertiary/aromatic N) is 4. The van der Waals surface area contributed by atoms with E-state index in [9.17, 15) is 5.11 Å². The minimum Gasteiger partial charge on any atom is -0.396 e. The molecule has 0 saturated carbocycles. The number of hydrogen-bond donors (Lipinski definition) is 2. The molecule has 4 rings (SSSR count). The predicted molar refractivity (Wildman–Crippen MR) is 112 cm³/mol. The molecule has 28 heavy (non-hydrogen) atoms. The van der Waals surface area contributed by atoms with E-state index in [-0.39, 0.29) is 18.7 Å². The van der Waals surface area contributed by atoms with Crippen molar-refractivity contribution in [1.82, 2.24) is 24.8 Å². The van der Waals surface area contributed by atoms with Gasteiger partial charge >= 0.3 is 0 Å². The van der Waals surface area contributed by atoms with Crippen molar-refractivity contribution in [3.05, 3.63) is 78.0 Å². The molecule has 4 heterocycles. The van der Waals surface area contributed by atoms with Crippen LogP contribution in [0.3, 0.4) is 0 Å². The van der Waals surface area contributed by atoms with Gasteiger partial charge in [-0.2, -0.15) is 0 Å². The standard InChI is InChI=1S/C21H23N5OS/c1-15-8-9-18(23-14-15)25-11-4-7-17(25)20-19(16-6-2-3-10-22-16)24-21(28)26(20)12-5-13-27/h2-4,6-11,14,19-20,27H,5,12-13H2,1H3,(H,24,28)/t19-,20+/m1/s1. The summed E-state index contributed by atoms with van der Waals surface area (Å²) in [5.41, 5.74) is 3.14. The predicted octanol–water partition coefficient (Wildman–Crippen LogP) is 2.93. The van der Waals surface area contributed by atoms with E-state index in [0.29, 0.717) is 18.1 Å². The van der Waals surface area contributed by atoms with Gasteiger partial charge < -0.3 is 19.9 Å². The van der Waals surface area contributed by atoms with E-state index in [0.717, 1.165) is 22.8 Å². The monoisotopic (exact) mass is 393 g/mol. The summed E-state index contributed by atoms with van der Waals surface area (Å²) in [6, 6.07) is 14.0. The molecule has 7 heteroatoms. The van der Waals surface area contributed by atoms with Crippen LogP contribution in [0.25, 0.3) is 5.82 Å². The summed E-state index contributed by atoms with van der Waals surface area (Å²) in [6.07, 6.45) is 6.34. The Morgan fingerprint density at radius 2 is 2.04 bits per heavy atom. The molecular formula is C21H23N5OS. The molecule has 2 atom stereocenters. The van der Waals surface area contributed by atoms with Crippen molar-refractivity contribution in [3.8, 4) is 5.82 Å². The fourth-order valence-corrected chi connectivity index (χ4v) is 3.99. The molecule has 1 saturated heterocycles. The quantitative estimate of drug-likeness (QED) is 0.628. The van der Waals surface area contributed by atoms with Crippen molar-refractivity contribution in [2.75, 3.05) is 13.2 Å². The van der Waals surface area contributed by atoms with Crippen molar-refractivity contribution in [2.45, 2.75) is 25.4 Å². The summed E-state index contributed by atoms with van der Waals surface area (Å²) in [6.45, 7) is 2.82. The molecule has 2 N–H and O–H groups in total. The van der Waals surface area contributed by atoms with Gasteiger partial charge in [-0.05, 0) is 61.5 Å². The Morgan fingerprint density at radius 1 is 1.14 bits per heavy atom. The first-order valence-electron chi connectivity index (χ1n) is 9.38. The van der Waals surface area contributed by atoms with Gasteiger partial charge in [-0.15, -0.1) is 0 Å². The average molecular weight is 394 g/mol. The number of aryl methyl sites for hydroxylation is 1. The lowest BCUT2D eigenvalue weighted by Gasteiger charge is -2.28. The number of hydrogen-bond acceptors (Lipinski definition) is 4. The topological polar surface area (TPSA) is 66.2 Å². The highest BCUT2D eigenvalue weighted by Crippen LogP contribution is 2.39. The van der Waals surface area contributed by atoms with Gasteiger partial charge in [0.05, 0.1) is 17.8 Å². The van der Waals surface area contributed by atoms with Crippen LogP contribution in [0, 0.1) is 6.92 Å². The molecule has 0 unspecified atom stereocenters. The van der Waals surface area contributed by atoms with Crippen LogP contribution in [-0.2, 0) is 0 Å². The number of rotatable bonds is 6. The highest BCUT2D eigenvalue weighted by Gasteiger charge is 2.40. The van der Waals surface area contributed by atoms with Gasteiger partial charge in [0, 0.05) is 37.4 Å². The molecule has 3 aromatic rings. The first-order chi connectivity index (χ1) is 13.7. The van der Waals surface area contributed by atoms with Crippen LogP contribution in [0.1, 0.15) is 35.5 Å². The largest absolute Gasteiger partial charge is 0.396 e. The third-order valence-electron chi connectivity index (χ3n) is 4.98. The van der Waals surface area contributed by atoms with E-state index < -0.39 is 0 Å². The molecule has 1 fully saturated rings. The second-order valence-corrected chi connectivity index (χ2v) is 7.28. The van der Waals surface area contributed by atoms with E-state index in [1.165, 1.54) is 0 Å². The molecule has 0 bridgehead atoms. The molecule has 6 nitrogen and oxygen atoms in total. The van der Waals surface area contributed by atoms with E-state index in [2.05, 4.69) is 36.9 Å². The maximum absolute atomic E-state index is 9.35. The number of aromatic nitrogens is 3. The van der Waals surface area contributed by atoms with Gasteiger partial charge in [0.15, 0.2) is 5.11 Å². The highest BCUT2D eigenvalue weighted by atomic mass is 32.1. The maximum Gasteiger partial charge on any atom is 0.170 e. The molecule has 3 aromatic heterocycles. The number of aliphatic hydroxyl groups excluding tert-OH is 1. The summed E-state index contributed by atoms with van der Waals surface area (Å²) < 4.78 is 2.10. The highest BCUT2D eigenvalue weighted by molar-refractivity contribution is 7.80. The zero-order valence-corrected chi connectivity index (χ0v) is 16.5. The summed E-state index contributed by atoms with van der Waals surface area (Å²) in [5.74, 6) is 0.866. The molecule has 0 spiro atoms. The fourth-order valence-electron chi connectivity index (χ4n) is 3.66. The summed E-state index contributed by atoms with van der Waals surface area (Å²) >= 11 is 5.64. The smallest absolute Gasteiger partial charge is 0.170 e. The Labute approximate surface area is 169 Å². The normalized spacial score (nSPS) is 19.1. The lowest BCUT2D eigenvalue weighted by atomic mass is 10.0. The Morgan fingerprint density at radius 3 is 2.75 bits per heavy atom. The SMILES string of the molecule is Cc1ccc(-n2cccc2[C@H]2[C@@H](c3ccccn3)NC(=S)N2CCCO)nc1. The van der Waals surface area contributed by atoms with Crippen LogP contribution < -0.4 is 5.32 Å². The van der Waals surface area contributed by atoms with Gasteiger partial charge in [-0.1, -0.05) is 12.1 Å². The molecule has 0 amide bonds. The van der Waals surface area contributed by atoms with E-state index in [4.69, 9.17) is 12.2 Å². The minimum atomic E-state index is -0.0773. The van der Waals surface area contributed by atoms with Crippen LogP contribution >= 0.6 is 12.2 Å². The first-order valence-corrected chi connectivity index (χ1v) is 9.79. The molecule has 0 radical (unpaired) electrons. The first kappa shape index (κ1) is 18.6. The van der Waals surface area contributed by atoms with Crippen LogP contribution in [0.4, 0.5) is 0 Å². The third-order valence-corrected chi connectivity index (χ3v) is 5.33. The minimum absolute atomic E-state index is 0.0490. The average Bonchev–Trinajstić information content (AvgIpc) is 3.32. The second-order valence-electron chi connectivity index (χ2n) is 6.89. The lowest BCUT2D eigenvalue weighted by Crippen LogP contribution is -2.31. The van der Waals surface area contributed by atoms with Gasteiger partial charge in [0.25, 0.3) is 0 Å². The fraction of sp³-hybridized carbons (Fsp3) is 0.286. The van der Waals surface area contributed by atoms with Crippen molar-refractivity contribution >= 4 is 17.3 Å². The summed E-state index contributed by atoms with van der Waals surface area (Å²) in [7, 11) is 0. The van der Waals surface area contributed by atoms with Crippen LogP contribution in [-0.4, -0.2) is 42.8 Å². The number of nitrogens with one attached hydrogen (secondary N) is 1. The van der Waals surface area contributed by atoms with Gasteiger partial charge in [0.2, 0.25) is 0 Å². The number of aliphatic hydroxyl groups is 1. The molecule has 1 aliphatic rings. The molecule has 1 aliphatic heterocycles. The van der Waals surface area contributed by atoms with Crippen LogP contribution in [0.5, 0.6) is 0 Å². The zero-order valence-electron chi connectivity index (χ0n) is 15.7. The Balaban J connectivity index is 1.78. The molecular weight excluding hydrogens is 370 g/mol. The Bertz CT molecular complexity index is 941. The molecule has 144 valence electrons. The van der Waals surface area contributed by atoms with Crippen molar-refractivity contribution in [2.24, 2.45) is 0 Å². The maximum atomic E-state index is 9.35. The Hall–Kier alpha value is -2.77. The number of pyridine rings is 2.